The summed E-state index contributed by atoms with van der Waals surface area (Å²) in [6.45, 7) is 0. The van der Waals surface area contributed by atoms with Gasteiger partial charge < -0.3 is 4.84 Å². The van der Waals surface area contributed by atoms with Crippen LogP contribution in [0, 0.1) is 4.78 Å². The minimum atomic E-state index is -4.44. The Morgan fingerprint density at radius 1 is 1.04 bits per heavy atom. The molecule has 0 aromatic heterocycles. The lowest BCUT2D eigenvalue weighted by Crippen LogP contribution is -2.14. The highest BCUT2D eigenvalue weighted by molar-refractivity contribution is 7.60. The normalized spacial score (nSPS) is 11.2. The first-order valence-corrected chi connectivity index (χ1v) is 7.48. The van der Waals surface area contributed by atoms with E-state index in [1.165, 1.54) is 19.2 Å². The topological polar surface area (TPSA) is 79.6 Å². The predicted molar refractivity (Wildman–Crippen MR) is 82.2 cm³/mol. The van der Waals surface area contributed by atoms with E-state index in [1.54, 1.807) is 36.4 Å². The molecule has 0 aliphatic rings. The molecule has 0 radical (unpaired) electrons. The van der Waals surface area contributed by atoms with Gasteiger partial charge in [0.05, 0.1) is 5.56 Å². The minimum absolute atomic E-state index is 0.00644. The van der Waals surface area contributed by atoms with Gasteiger partial charge >= 0.3 is 16.7 Å². The number of rotatable bonds is 3. The van der Waals surface area contributed by atoms with E-state index in [0.29, 0.717) is 5.56 Å². The molecule has 1 N–H and O–H groups in total. The molecule has 0 spiro atoms. The first-order chi connectivity index (χ1) is 11.3. The van der Waals surface area contributed by atoms with Gasteiger partial charge in [-0.25, -0.2) is 0 Å². The van der Waals surface area contributed by atoms with Gasteiger partial charge in [0, 0.05) is 11.1 Å². The lowest BCUT2D eigenvalue weighted by Gasteiger charge is -2.14. The average Bonchev–Trinajstić information content (AvgIpc) is 2.52. The maximum atomic E-state index is 13.1. The maximum Gasteiger partial charge on any atom is 0.417 e. The molecule has 24 heavy (non-hydrogen) atoms. The van der Waals surface area contributed by atoms with Crippen molar-refractivity contribution in [1.82, 2.24) is 0 Å². The Hall–Kier alpha value is -2.68. The fraction of sp³-hybridized carbons (Fsp3) is 0.133. The SMILES string of the molecule is CO/N=C(\c1ccccc1)c1ccccc1C(F)(F)F.N=S(=O)=O. The average molecular weight is 358 g/mol. The molecule has 128 valence electrons. The molecule has 2 aromatic carbocycles. The monoisotopic (exact) mass is 358 g/mol. The Kier molecular flexibility index (Phi) is 7.12. The van der Waals surface area contributed by atoms with Gasteiger partial charge in [-0.2, -0.15) is 26.4 Å². The van der Waals surface area contributed by atoms with Gasteiger partial charge in [0.1, 0.15) is 12.8 Å². The molecule has 0 aliphatic heterocycles. The third-order valence-corrected chi connectivity index (χ3v) is 2.72. The van der Waals surface area contributed by atoms with E-state index in [-0.39, 0.29) is 11.3 Å². The highest BCUT2D eigenvalue weighted by Gasteiger charge is 2.34. The van der Waals surface area contributed by atoms with E-state index in [4.69, 9.17) is 18.0 Å². The third-order valence-electron chi connectivity index (χ3n) is 2.72. The number of alkyl halides is 3. The zero-order chi connectivity index (χ0) is 18.2. The molecule has 0 fully saturated rings. The third kappa shape index (κ3) is 5.84. The van der Waals surface area contributed by atoms with Crippen LogP contribution in [0.5, 0.6) is 0 Å². The van der Waals surface area contributed by atoms with Crippen molar-refractivity contribution < 1.29 is 26.4 Å². The largest absolute Gasteiger partial charge is 0.417 e. The Morgan fingerprint density at radius 2 is 1.54 bits per heavy atom. The molecule has 0 unspecified atom stereocenters. The Labute approximate surface area is 137 Å². The van der Waals surface area contributed by atoms with Crippen LogP contribution in [0.2, 0.25) is 0 Å². The van der Waals surface area contributed by atoms with E-state index in [1.807, 2.05) is 0 Å². The summed E-state index contributed by atoms with van der Waals surface area (Å²) in [6, 6.07) is 13.9. The molecule has 5 nitrogen and oxygen atoms in total. The van der Waals surface area contributed by atoms with Crippen molar-refractivity contribution in [2.24, 2.45) is 5.16 Å². The molecule has 0 saturated heterocycles. The number of benzene rings is 2. The van der Waals surface area contributed by atoms with Gasteiger partial charge in [0.2, 0.25) is 0 Å². The van der Waals surface area contributed by atoms with E-state index < -0.39 is 22.2 Å². The molecule has 0 bridgehead atoms. The zero-order valence-electron chi connectivity index (χ0n) is 12.4. The van der Waals surface area contributed by atoms with E-state index in [9.17, 15) is 13.2 Å². The summed E-state index contributed by atoms with van der Waals surface area (Å²) in [5.74, 6) is 0. The molecule has 0 atom stereocenters. The summed E-state index contributed by atoms with van der Waals surface area (Å²) in [5.41, 5.74) is -0.0280. The van der Waals surface area contributed by atoms with Crippen LogP contribution in [-0.4, -0.2) is 21.2 Å². The summed E-state index contributed by atoms with van der Waals surface area (Å²) < 4.78 is 62.0. The summed E-state index contributed by atoms with van der Waals surface area (Å²) in [5, 5.41) is 3.76. The Bertz CT molecular complexity index is 798. The van der Waals surface area contributed by atoms with Crippen LogP contribution in [0.25, 0.3) is 0 Å². The van der Waals surface area contributed by atoms with Gasteiger partial charge in [-0.15, -0.1) is 0 Å². The number of oxime groups is 1. The first-order valence-electron chi connectivity index (χ1n) is 6.41. The summed E-state index contributed by atoms with van der Waals surface area (Å²) in [4.78, 5) is 4.70. The molecule has 2 aromatic rings. The van der Waals surface area contributed by atoms with Crippen molar-refractivity contribution in [3.63, 3.8) is 0 Å². The standard InChI is InChI=1S/C15H12F3NO.HNO2S/c1-20-19-14(11-7-3-2-4-8-11)12-9-5-6-10-13(12)15(16,17)18;1-4(2)3/h2-10H,1H3;1H/b19-14+;. The van der Waals surface area contributed by atoms with Crippen LogP contribution >= 0.6 is 0 Å². The van der Waals surface area contributed by atoms with Gasteiger partial charge in [-0.05, 0) is 6.07 Å². The van der Waals surface area contributed by atoms with Crippen LogP contribution in [0.3, 0.4) is 0 Å². The number of nitrogens with zero attached hydrogens (tertiary/aromatic N) is 1. The number of hydrogen-bond acceptors (Lipinski definition) is 5. The molecular formula is C15H13F3N2O3S. The lowest BCUT2D eigenvalue weighted by molar-refractivity contribution is -0.137. The highest BCUT2D eigenvalue weighted by Crippen LogP contribution is 2.33. The second-order valence-electron chi connectivity index (χ2n) is 4.27. The fourth-order valence-electron chi connectivity index (χ4n) is 1.88. The van der Waals surface area contributed by atoms with Crippen molar-refractivity contribution in [2.45, 2.75) is 6.18 Å². The molecular weight excluding hydrogens is 345 g/mol. The second kappa shape index (κ2) is 8.82. The van der Waals surface area contributed by atoms with Crippen molar-refractivity contribution in [2.75, 3.05) is 7.11 Å². The van der Waals surface area contributed by atoms with Gasteiger partial charge in [0.25, 0.3) is 0 Å². The van der Waals surface area contributed by atoms with Gasteiger partial charge in [-0.3, -0.25) is 0 Å². The Morgan fingerprint density at radius 3 is 2.04 bits per heavy atom. The van der Waals surface area contributed by atoms with Crippen LogP contribution in [0.4, 0.5) is 13.2 Å². The quantitative estimate of drug-likeness (QED) is 0.671. The number of halogens is 3. The zero-order valence-corrected chi connectivity index (χ0v) is 13.2. The predicted octanol–water partition coefficient (Wildman–Crippen LogP) is 3.73. The van der Waals surface area contributed by atoms with Crippen molar-refractivity contribution in [3.05, 3.63) is 71.3 Å². The summed E-state index contributed by atoms with van der Waals surface area (Å²) in [6.07, 6.45) is -4.44. The molecule has 9 heteroatoms. The summed E-state index contributed by atoms with van der Waals surface area (Å²) in [7, 11) is -1.31. The van der Waals surface area contributed by atoms with E-state index in [2.05, 4.69) is 5.16 Å². The second-order valence-corrected chi connectivity index (χ2v) is 4.74. The molecule has 2 rings (SSSR count). The smallest absolute Gasteiger partial charge is 0.399 e. The molecule has 0 amide bonds. The fourth-order valence-corrected chi connectivity index (χ4v) is 1.88. The van der Waals surface area contributed by atoms with Crippen LogP contribution in [-0.2, 0) is 21.5 Å². The van der Waals surface area contributed by atoms with E-state index >= 15 is 0 Å². The molecule has 0 aliphatic carbocycles. The first kappa shape index (κ1) is 19.4. The van der Waals surface area contributed by atoms with Crippen LogP contribution in [0.15, 0.2) is 59.8 Å². The van der Waals surface area contributed by atoms with Crippen molar-refractivity contribution in [1.29, 1.82) is 4.78 Å². The minimum Gasteiger partial charge on any atom is -0.399 e. The highest BCUT2D eigenvalue weighted by atomic mass is 32.2. The summed E-state index contributed by atoms with van der Waals surface area (Å²) >= 11 is 0. The van der Waals surface area contributed by atoms with E-state index in [0.717, 1.165) is 6.07 Å². The van der Waals surface area contributed by atoms with Gasteiger partial charge in [0.15, 0.2) is 0 Å². The Balaban J connectivity index is 0.000000648. The number of hydrogen-bond donors (Lipinski definition) is 1. The van der Waals surface area contributed by atoms with Crippen LogP contribution < -0.4 is 0 Å². The van der Waals surface area contributed by atoms with Crippen molar-refractivity contribution in [3.8, 4) is 0 Å². The molecule has 0 heterocycles. The van der Waals surface area contributed by atoms with Crippen molar-refractivity contribution >= 4 is 16.2 Å². The van der Waals surface area contributed by atoms with Gasteiger partial charge in [-0.1, -0.05) is 53.7 Å². The lowest BCUT2D eigenvalue weighted by atomic mass is 9.97. The molecule has 0 saturated carbocycles. The number of nitrogens with one attached hydrogen (secondary N) is 1. The maximum absolute atomic E-state index is 13.1. The van der Waals surface area contributed by atoms with Crippen LogP contribution in [0.1, 0.15) is 16.7 Å².